The van der Waals surface area contributed by atoms with Crippen LogP contribution in [0.5, 0.6) is 0 Å². The van der Waals surface area contributed by atoms with Gasteiger partial charge in [0.15, 0.2) is 11.6 Å². The van der Waals surface area contributed by atoms with Crippen molar-refractivity contribution in [3.05, 3.63) is 188 Å². The number of rotatable bonds is 5. The number of benzene rings is 8. The van der Waals surface area contributed by atoms with Crippen molar-refractivity contribution in [1.82, 2.24) is 24.1 Å². The largest absolute Gasteiger partial charge is 0.456 e. The molecule has 0 spiro atoms. The van der Waals surface area contributed by atoms with Gasteiger partial charge in [-0.05, 0) is 71.1 Å². The minimum absolute atomic E-state index is 0.540. The van der Waals surface area contributed by atoms with Crippen LogP contribution in [0, 0.1) is 0 Å². The second-order valence-electron chi connectivity index (χ2n) is 14.4. The standard InChI is InChI=1S/C51H31N5O/c1-4-15-32(16-5-1)49-52-50(33-17-6-2-7-18-33)54-51(53-49)56-43-25-14-23-39-38-22-11-13-26-45(38)57-46-31-35(30-44(56)48(46)47(39)43)34-27-28-42-40(29-34)37-21-10-12-24-41(37)55(42)36-19-8-3-9-20-36/h1-31H. The predicted molar refractivity (Wildman–Crippen MR) is 232 cm³/mol. The molecule has 0 aliphatic rings. The smallest absolute Gasteiger partial charge is 0.238 e. The number of hydrogen-bond donors (Lipinski definition) is 0. The molecule has 57 heavy (non-hydrogen) atoms. The molecular weight excluding hydrogens is 699 g/mol. The van der Waals surface area contributed by atoms with E-state index >= 15 is 0 Å². The van der Waals surface area contributed by atoms with E-state index in [0.29, 0.717) is 17.6 Å². The van der Waals surface area contributed by atoms with Gasteiger partial charge in [0, 0.05) is 38.4 Å². The average molecular weight is 730 g/mol. The van der Waals surface area contributed by atoms with E-state index in [0.717, 1.165) is 77.2 Å². The first-order valence-corrected chi connectivity index (χ1v) is 19.1. The van der Waals surface area contributed by atoms with Crippen molar-refractivity contribution in [2.75, 3.05) is 0 Å². The Morgan fingerprint density at radius 1 is 0.333 bits per heavy atom. The van der Waals surface area contributed by atoms with Crippen LogP contribution in [-0.4, -0.2) is 24.1 Å². The lowest BCUT2D eigenvalue weighted by molar-refractivity contribution is 0.664. The van der Waals surface area contributed by atoms with E-state index in [2.05, 4.69) is 130 Å². The molecule has 0 fully saturated rings. The maximum atomic E-state index is 6.97. The molecule has 4 heterocycles. The highest BCUT2D eigenvalue weighted by Crippen LogP contribution is 2.43. The quantitative estimate of drug-likeness (QED) is 0.177. The van der Waals surface area contributed by atoms with Crippen LogP contribution in [0.3, 0.4) is 0 Å². The van der Waals surface area contributed by atoms with Crippen LogP contribution in [0.4, 0.5) is 0 Å². The van der Waals surface area contributed by atoms with Crippen molar-refractivity contribution in [3.63, 3.8) is 0 Å². The Morgan fingerprint density at radius 3 is 1.70 bits per heavy atom. The highest BCUT2D eigenvalue weighted by molar-refractivity contribution is 6.27. The van der Waals surface area contributed by atoms with Gasteiger partial charge in [0.1, 0.15) is 11.2 Å². The van der Waals surface area contributed by atoms with Crippen LogP contribution in [0.1, 0.15) is 0 Å². The highest BCUT2D eigenvalue weighted by atomic mass is 16.3. The van der Waals surface area contributed by atoms with E-state index in [1.165, 1.54) is 16.3 Å². The van der Waals surface area contributed by atoms with E-state index in [9.17, 15) is 0 Å². The van der Waals surface area contributed by atoms with Crippen LogP contribution < -0.4 is 0 Å². The van der Waals surface area contributed by atoms with Crippen molar-refractivity contribution in [3.8, 4) is 45.5 Å². The zero-order valence-corrected chi connectivity index (χ0v) is 30.5. The lowest BCUT2D eigenvalue weighted by Gasteiger charge is -2.12. The third kappa shape index (κ3) is 4.87. The van der Waals surface area contributed by atoms with Crippen molar-refractivity contribution in [2.24, 2.45) is 0 Å². The highest BCUT2D eigenvalue weighted by Gasteiger charge is 2.23. The molecule has 12 aromatic rings. The molecule has 6 heteroatoms. The molecule has 0 atom stereocenters. The fourth-order valence-electron chi connectivity index (χ4n) is 8.64. The minimum Gasteiger partial charge on any atom is -0.456 e. The van der Waals surface area contributed by atoms with Crippen molar-refractivity contribution >= 4 is 65.6 Å². The summed E-state index contributed by atoms with van der Waals surface area (Å²) in [5, 5.41) is 6.65. The third-order valence-electron chi connectivity index (χ3n) is 11.2. The van der Waals surface area contributed by atoms with E-state index in [-0.39, 0.29) is 0 Å². The minimum atomic E-state index is 0.540. The second kappa shape index (κ2) is 12.3. The van der Waals surface area contributed by atoms with E-state index in [1.54, 1.807) is 0 Å². The summed E-state index contributed by atoms with van der Waals surface area (Å²) in [6.45, 7) is 0. The Labute approximate surface area is 326 Å². The molecule has 0 saturated heterocycles. The summed E-state index contributed by atoms with van der Waals surface area (Å²) in [6, 6.07) is 65.5. The van der Waals surface area contributed by atoms with Crippen LogP contribution in [-0.2, 0) is 0 Å². The van der Waals surface area contributed by atoms with Crippen LogP contribution in [0.25, 0.3) is 111 Å². The molecule has 0 N–H and O–H groups in total. The summed E-state index contributed by atoms with van der Waals surface area (Å²) in [5.74, 6) is 1.75. The molecule has 12 rings (SSSR count). The zero-order valence-electron chi connectivity index (χ0n) is 30.5. The van der Waals surface area contributed by atoms with Gasteiger partial charge in [-0.15, -0.1) is 0 Å². The Morgan fingerprint density at radius 2 is 0.947 bits per heavy atom. The average Bonchev–Trinajstić information content (AvgIpc) is 3.75. The topological polar surface area (TPSA) is 61.7 Å². The summed E-state index contributed by atoms with van der Waals surface area (Å²) in [6.07, 6.45) is 0. The Hall–Kier alpha value is -7.83. The third-order valence-corrected chi connectivity index (χ3v) is 11.2. The lowest BCUT2D eigenvalue weighted by Crippen LogP contribution is -2.06. The summed E-state index contributed by atoms with van der Waals surface area (Å²) in [7, 11) is 0. The fourth-order valence-corrected chi connectivity index (χ4v) is 8.64. The molecule has 0 aliphatic heterocycles. The number of nitrogens with zero attached hydrogens (tertiary/aromatic N) is 5. The number of aromatic nitrogens is 5. The molecule has 0 saturated carbocycles. The Balaban J connectivity index is 1.19. The molecule has 0 unspecified atom stereocenters. The molecule has 6 nitrogen and oxygen atoms in total. The predicted octanol–water partition coefficient (Wildman–Crippen LogP) is 13.0. The first-order valence-electron chi connectivity index (χ1n) is 19.1. The maximum Gasteiger partial charge on any atom is 0.238 e. The molecule has 4 aromatic heterocycles. The van der Waals surface area contributed by atoms with Gasteiger partial charge < -0.3 is 8.98 Å². The SMILES string of the molecule is c1ccc(-c2nc(-c3ccccc3)nc(-n3c4cc(-c5ccc6c(c5)c5ccccc5n6-c5ccccc5)cc5oc6ccccc6c6cccc3c6c54)n2)cc1. The molecule has 0 radical (unpaired) electrons. The normalized spacial score (nSPS) is 11.9. The molecular formula is C51H31N5O. The van der Waals surface area contributed by atoms with Gasteiger partial charge >= 0.3 is 0 Å². The van der Waals surface area contributed by atoms with E-state index in [1.807, 2.05) is 66.7 Å². The first kappa shape index (κ1) is 31.5. The first-order chi connectivity index (χ1) is 28.3. The van der Waals surface area contributed by atoms with Gasteiger partial charge in [-0.25, -0.2) is 4.98 Å². The fraction of sp³-hybridized carbons (Fsp3) is 0. The van der Waals surface area contributed by atoms with Crippen molar-refractivity contribution in [2.45, 2.75) is 0 Å². The Kier molecular flexibility index (Phi) is 6.83. The monoisotopic (exact) mass is 729 g/mol. The molecule has 0 amide bonds. The van der Waals surface area contributed by atoms with Crippen molar-refractivity contribution < 1.29 is 4.42 Å². The molecule has 0 bridgehead atoms. The summed E-state index contributed by atoms with van der Waals surface area (Å²) >= 11 is 0. The van der Waals surface area contributed by atoms with Gasteiger partial charge in [0.25, 0.3) is 0 Å². The van der Waals surface area contributed by atoms with Gasteiger partial charge in [-0.2, -0.15) is 9.97 Å². The molecule has 0 aliphatic carbocycles. The Bertz CT molecular complexity index is 3450. The number of para-hydroxylation sites is 3. The van der Waals surface area contributed by atoms with Crippen molar-refractivity contribution in [1.29, 1.82) is 0 Å². The second-order valence-corrected chi connectivity index (χ2v) is 14.4. The maximum absolute atomic E-state index is 6.97. The van der Waals surface area contributed by atoms with Gasteiger partial charge in [0.05, 0.1) is 27.5 Å². The van der Waals surface area contributed by atoms with Crippen LogP contribution >= 0.6 is 0 Å². The lowest BCUT2D eigenvalue weighted by atomic mass is 10.00. The number of fused-ring (bicyclic) bond motifs is 5. The summed E-state index contributed by atoms with van der Waals surface area (Å²) in [4.78, 5) is 15.5. The molecule has 8 aromatic carbocycles. The van der Waals surface area contributed by atoms with Crippen LogP contribution in [0.2, 0.25) is 0 Å². The van der Waals surface area contributed by atoms with E-state index in [4.69, 9.17) is 19.4 Å². The van der Waals surface area contributed by atoms with Crippen LogP contribution in [0.15, 0.2) is 192 Å². The number of hydrogen-bond acceptors (Lipinski definition) is 4. The molecule has 266 valence electrons. The summed E-state index contributed by atoms with van der Waals surface area (Å²) < 4.78 is 11.5. The van der Waals surface area contributed by atoms with Gasteiger partial charge in [0.2, 0.25) is 5.95 Å². The summed E-state index contributed by atoms with van der Waals surface area (Å²) in [5.41, 5.74) is 11.0. The van der Waals surface area contributed by atoms with E-state index < -0.39 is 0 Å². The van der Waals surface area contributed by atoms with Gasteiger partial charge in [-0.3, -0.25) is 4.57 Å². The van der Waals surface area contributed by atoms with Gasteiger partial charge in [-0.1, -0.05) is 133 Å². The zero-order chi connectivity index (χ0) is 37.5.